The molecule has 0 bridgehead atoms. The first kappa shape index (κ1) is 21.9. The third-order valence-corrected chi connectivity index (χ3v) is 5.69. The zero-order valence-electron chi connectivity index (χ0n) is 13.9. The molecule has 0 aromatic heterocycles. The van der Waals surface area contributed by atoms with Gasteiger partial charge in [-0.2, -0.15) is 0 Å². The second-order valence-electron chi connectivity index (χ2n) is 5.63. The lowest BCUT2D eigenvalue weighted by Crippen LogP contribution is -1.96. The summed E-state index contributed by atoms with van der Waals surface area (Å²) in [5.41, 5.74) is 0. The van der Waals surface area contributed by atoms with Crippen molar-refractivity contribution in [1.29, 1.82) is 0 Å². The molecule has 0 radical (unpaired) electrons. The van der Waals surface area contributed by atoms with Crippen molar-refractivity contribution < 1.29 is 9.05 Å². The first-order valence-electron chi connectivity index (χ1n) is 8.71. The highest BCUT2D eigenvalue weighted by Gasteiger charge is 2.14. The molecule has 0 aliphatic rings. The number of hydrogen-bond donors (Lipinski definition) is 0. The summed E-state index contributed by atoms with van der Waals surface area (Å²) >= 11 is 11.4. The van der Waals surface area contributed by atoms with Crippen LogP contribution in [0.3, 0.4) is 0 Å². The first-order valence-corrected chi connectivity index (χ1v) is 12.3. The van der Waals surface area contributed by atoms with E-state index in [4.69, 9.17) is 32.1 Å². The summed E-state index contributed by atoms with van der Waals surface area (Å²) in [6.45, 7) is 5.74. The van der Waals surface area contributed by atoms with Crippen molar-refractivity contribution in [2.75, 3.05) is 13.2 Å². The van der Waals surface area contributed by atoms with Crippen molar-refractivity contribution in [2.24, 2.45) is 0 Å². The van der Waals surface area contributed by atoms with Gasteiger partial charge in [-0.05, 0) is 35.9 Å². The van der Waals surface area contributed by atoms with Crippen LogP contribution in [0, 0.1) is 0 Å². The maximum Gasteiger partial charge on any atom is 0.281 e. The maximum absolute atomic E-state index is 6.14. The van der Waals surface area contributed by atoms with Crippen LogP contribution in [0.25, 0.3) is 0 Å². The Labute approximate surface area is 142 Å². The van der Waals surface area contributed by atoms with Crippen molar-refractivity contribution in [3.05, 3.63) is 0 Å². The molecule has 0 N–H and O–H groups in total. The van der Waals surface area contributed by atoms with Gasteiger partial charge in [-0.15, -0.1) is 0 Å². The van der Waals surface area contributed by atoms with E-state index in [1.165, 1.54) is 64.2 Å². The highest BCUT2D eigenvalue weighted by Crippen LogP contribution is 2.54. The second-order valence-corrected chi connectivity index (χ2v) is 10.4. The number of hydrogen-bond acceptors (Lipinski definition) is 3. The first-order chi connectivity index (χ1) is 10.1. The molecule has 0 aliphatic heterocycles. The van der Waals surface area contributed by atoms with E-state index in [1.54, 1.807) is 0 Å². The molecule has 0 rings (SSSR count). The van der Waals surface area contributed by atoms with Crippen molar-refractivity contribution in [3.63, 3.8) is 0 Å². The van der Waals surface area contributed by atoms with Crippen LogP contribution < -0.4 is 0 Å². The van der Waals surface area contributed by atoms with Gasteiger partial charge in [0.05, 0.1) is 13.2 Å². The van der Waals surface area contributed by atoms with Gasteiger partial charge < -0.3 is 9.05 Å². The third-order valence-electron chi connectivity index (χ3n) is 3.49. The average Bonchev–Trinajstić information content (AvgIpc) is 2.45. The predicted octanol–water partition coefficient (Wildman–Crippen LogP) is 7.20. The predicted molar refractivity (Wildman–Crippen MR) is 98.8 cm³/mol. The highest BCUT2D eigenvalue weighted by molar-refractivity contribution is 8.22. The van der Waals surface area contributed by atoms with E-state index in [0.29, 0.717) is 13.2 Å². The van der Waals surface area contributed by atoms with Crippen LogP contribution in [-0.2, 0) is 20.9 Å². The molecule has 0 saturated carbocycles. The van der Waals surface area contributed by atoms with Crippen molar-refractivity contribution in [1.82, 2.24) is 0 Å². The molecule has 0 saturated heterocycles. The monoisotopic (exact) mass is 356 g/mol. The third kappa shape index (κ3) is 17.1. The second kappa shape index (κ2) is 15.7. The zero-order chi connectivity index (χ0) is 15.8. The number of halogens is 1. The highest BCUT2D eigenvalue weighted by atomic mass is 35.7. The summed E-state index contributed by atoms with van der Waals surface area (Å²) in [4.78, 5) is 0. The molecule has 0 amide bonds. The van der Waals surface area contributed by atoms with Gasteiger partial charge in [0.2, 0.25) is 0 Å². The molecule has 0 spiro atoms. The largest absolute Gasteiger partial charge is 0.318 e. The molecule has 0 aromatic carbocycles. The van der Waals surface area contributed by atoms with E-state index >= 15 is 0 Å². The van der Waals surface area contributed by atoms with E-state index in [9.17, 15) is 0 Å². The number of rotatable bonds is 16. The van der Waals surface area contributed by atoms with E-state index < -0.39 is 5.84 Å². The standard InChI is InChI=1S/C16H34ClO2PS/c1-3-5-7-9-11-13-15-18-20(17,21)19-16-14-12-10-8-6-4-2/h3-16H2,1-2H3. The smallest absolute Gasteiger partial charge is 0.281 e. The van der Waals surface area contributed by atoms with Crippen LogP contribution in [0.5, 0.6) is 0 Å². The van der Waals surface area contributed by atoms with E-state index in [0.717, 1.165) is 12.8 Å². The molecular formula is C16H34ClO2PS. The Morgan fingerprint density at radius 1 is 0.667 bits per heavy atom. The quantitative estimate of drug-likeness (QED) is 0.215. The van der Waals surface area contributed by atoms with E-state index in [-0.39, 0.29) is 0 Å². The lowest BCUT2D eigenvalue weighted by Gasteiger charge is -2.15. The lowest BCUT2D eigenvalue weighted by molar-refractivity contribution is 0.248. The fourth-order valence-corrected chi connectivity index (χ4v) is 3.78. The van der Waals surface area contributed by atoms with E-state index in [2.05, 4.69) is 13.8 Å². The Morgan fingerprint density at radius 2 is 1.00 bits per heavy atom. The molecular weight excluding hydrogens is 323 g/mol. The molecule has 0 unspecified atom stereocenters. The lowest BCUT2D eigenvalue weighted by atomic mass is 10.1. The molecule has 0 heterocycles. The average molecular weight is 357 g/mol. The molecule has 128 valence electrons. The van der Waals surface area contributed by atoms with Crippen molar-refractivity contribution in [2.45, 2.75) is 90.9 Å². The molecule has 0 fully saturated rings. The zero-order valence-corrected chi connectivity index (χ0v) is 16.4. The fraction of sp³-hybridized carbons (Fsp3) is 1.00. The van der Waals surface area contributed by atoms with Crippen LogP contribution >= 0.6 is 17.1 Å². The van der Waals surface area contributed by atoms with Gasteiger partial charge >= 0.3 is 0 Å². The van der Waals surface area contributed by atoms with Gasteiger partial charge in [0.15, 0.2) is 0 Å². The summed E-state index contributed by atoms with van der Waals surface area (Å²) in [6, 6.07) is 0. The summed E-state index contributed by atoms with van der Waals surface area (Å²) in [7, 11) is 0. The van der Waals surface area contributed by atoms with Gasteiger partial charge in [-0.25, -0.2) is 0 Å². The van der Waals surface area contributed by atoms with Crippen LogP contribution in [0.2, 0.25) is 0 Å². The van der Waals surface area contributed by atoms with Gasteiger partial charge in [0, 0.05) is 0 Å². The maximum atomic E-state index is 6.14. The van der Waals surface area contributed by atoms with Gasteiger partial charge in [-0.1, -0.05) is 78.1 Å². The van der Waals surface area contributed by atoms with E-state index in [1.807, 2.05) is 0 Å². The fourth-order valence-electron chi connectivity index (χ4n) is 2.15. The SMILES string of the molecule is CCCCCCCCOP(=S)(Cl)OCCCCCCCC. The Hall–Kier alpha value is 0.860. The number of unbranched alkanes of at least 4 members (excludes halogenated alkanes) is 10. The summed E-state index contributed by atoms with van der Waals surface area (Å²) in [5.74, 6) is -2.51. The molecule has 2 nitrogen and oxygen atoms in total. The van der Waals surface area contributed by atoms with Crippen molar-refractivity contribution >= 4 is 28.9 Å². The molecule has 0 aliphatic carbocycles. The minimum atomic E-state index is -2.51. The Balaban J connectivity index is 3.37. The van der Waals surface area contributed by atoms with Crippen LogP contribution in [0.15, 0.2) is 0 Å². The van der Waals surface area contributed by atoms with Crippen LogP contribution in [0.1, 0.15) is 90.9 Å². The molecule has 0 aromatic rings. The topological polar surface area (TPSA) is 18.5 Å². The van der Waals surface area contributed by atoms with Crippen LogP contribution in [-0.4, -0.2) is 13.2 Å². The van der Waals surface area contributed by atoms with Gasteiger partial charge in [0.25, 0.3) is 5.84 Å². The normalized spacial score (nSPS) is 12.0. The summed E-state index contributed by atoms with van der Waals surface area (Å²) in [6.07, 6.45) is 14.9. The van der Waals surface area contributed by atoms with Crippen LogP contribution in [0.4, 0.5) is 0 Å². The van der Waals surface area contributed by atoms with Gasteiger partial charge in [-0.3, -0.25) is 0 Å². The minimum Gasteiger partial charge on any atom is -0.318 e. The summed E-state index contributed by atoms with van der Waals surface area (Å²) < 4.78 is 11.1. The molecule has 0 atom stereocenters. The Morgan fingerprint density at radius 3 is 1.38 bits per heavy atom. The summed E-state index contributed by atoms with van der Waals surface area (Å²) in [5, 5.41) is 0. The minimum absolute atomic E-state index is 0.642. The van der Waals surface area contributed by atoms with Gasteiger partial charge in [0.1, 0.15) is 0 Å². The van der Waals surface area contributed by atoms with Crippen molar-refractivity contribution in [3.8, 4) is 0 Å². The molecule has 5 heteroatoms. The molecule has 21 heavy (non-hydrogen) atoms. The Kier molecular flexibility index (Phi) is 16.4. The Bertz CT molecular complexity index is 243.